The minimum absolute atomic E-state index is 0.0165. The predicted octanol–water partition coefficient (Wildman–Crippen LogP) is 3.01. The molecule has 1 amide bonds. The highest BCUT2D eigenvalue weighted by Gasteiger charge is 2.38. The maximum absolute atomic E-state index is 14.5. The summed E-state index contributed by atoms with van der Waals surface area (Å²) in [7, 11) is 1.54. The fourth-order valence-corrected chi connectivity index (χ4v) is 3.85. The molecule has 0 radical (unpaired) electrons. The predicted molar refractivity (Wildman–Crippen MR) is 99.9 cm³/mol. The van der Waals surface area contributed by atoms with Gasteiger partial charge in [-0.15, -0.1) is 11.3 Å². The number of halogens is 1. The smallest absolute Gasteiger partial charge is 0.231 e. The summed E-state index contributed by atoms with van der Waals surface area (Å²) in [6.07, 6.45) is 0.180. The van der Waals surface area contributed by atoms with Crippen molar-refractivity contribution in [2.24, 2.45) is 10.7 Å². The second-order valence-corrected chi connectivity index (χ2v) is 7.69. The molecule has 1 aromatic heterocycles. The molecule has 1 aromatic carbocycles. The number of rotatable bonds is 4. The molecule has 1 unspecified atom stereocenters. The normalized spacial score (nSPS) is 20.2. The van der Waals surface area contributed by atoms with Crippen LogP contribution in [0.3, 0.4) is 0 Å². The van der Waals surface area contributed by atoms with Crippen LogP contribution in [0.5, 0.6) is 0 Å². The average molecular weight is 373 g/mol. The molecular formula is C19H20FN3O2S. The minimum atomic E-state index is -1.09. The van der Waals surface area contributed by atoms with E-state index < -0.39 is 11.4 Å². The van der Waals surface area contributed by atoms with Crippen molar-refractivity contribution in [2.45, 2.75) is 32.2 Å². The van der Waals surface area contributed by atoms with Crippen LogP contribution in [-0.2, 0) is 16.8 Å². The number of aliphatic imine (C=N–C) groups is 1. The molecule has 3 rings (SSSR count). The van der Waals surface area contributed by atoms with Crippen molar-refractivity contribution in [1.29, 1.82) is 0 Å². The number of guanidine groups is 1. The van der Waals surface area contributed by atoms with Crippen LogP contribution in [0, 0.1) is 12.7 Å². The lowest BCUT2D eigenvalue weighted by Crippen LogP contribution is -2.47. The summed E-state index contributed by atoms with van der Waals surface area (Å²) in [6, 6.07) is 6.37. The van der Waals surface area contributed by atoms with E-state index in [0.717, 1.165) is 5.56 Å². The minimum Gasteiger partial charge on any atom is -0.369 e. The number of thiophene rings is 1. The van der Waals surface area contributed by atoms with Crippen molar-refractivity contribution < 1.29 is 14.0 Å². The van der Waals surface area contributed by atoms with Gasteiger partial charge < -0.3 is 5.73 Å². The van der Waals surface area contributed by atoms with Crippen molar-refractivity contribution >= 4 is 29.0 Å². The van der Waals surface area contributed by atoms with E-state index in [4.69, 9.17) is 5.73 Å². The van der Waals surface area contributed by atoms with Gasteiger partial charge in [0.1, 0.15) is 5.82 Å². The molecule has 0 fully saturated rings. The molecule has 0 saturated carbocycles. The number of aryl methyl sites for hydroxylation is 1. The molecule has 2 aromatic rings. The number of carbonyl (C=O) groups is 2. The number of benzene rings is 1. The van der Waals surface area contributed by atoms with E-state index in [-0.39, 0.29) is 36.1 Å². The highest BCUT2D eigenvalue weighted by atomic mass is 32.1. The van der Waals surface area contributed by atoms with Crippen LogP contribution in [-0.4, -0.2) is 29.6 Å². The summed E-state index contributed by atoms with van der Waals surface area (Å²) in [5, 5.41) is 1.92. The summed E-state index contributed by atoms with van der Waals surface area (Å²) in [5.74, 6) is -0.661. The molecule has 1 aliphatic rings. The van der Waals surface area contributed by atoms with Gasteiger partial charge in [0.05, 0.1) is 16.8 Å². The number of nitrogens with two attached hydrogens (primary N) is 1. The third-order valence-electron chi connectivity index (χ3n) is 4.56. The first-order valence-corrected chi connectivity index (χ1v) is 9.07. The number of hydrogen-bond acceptors (Lipinski definition) is 5. The first-order valence-electron chi connectivity index (χ1n) is 8.19. The molecule has 7 heteroatoms. The number of carbonyl (C=O) groups excluding carboxylic acids is 2. The molecule has 0 spiro atoms. The highest BCUT2D eigenvalue weighted by molar-refractivity contribution is 7.12. The fourth-order valence-electron chi connectivity index (χ4n) is 3.01. The number of Topliss-reactive ketones (excluding diaryl/α,β-unsaturated/α-hetero) is 1. The maximum atomic E-state index is 14.5. The van der Waals surface area contributed by atoms with Gasteiger partial charge in [-0.1, -0.05) is 6.07 Å². The number of nitrogens with zero attached hydrogens (tertiary/aromatic N) is 2. The lowest BCUT2D eigenvalue weighted by Gasteiger charge is -2.34. The average Bonchev–Trinajstić information content (AvgIpc) is 3.01. The Morgan fingerprint density at radius 3 is 2.77 bits per heavy atom. The topological polar surface area (TPSA) is 75.8 Å². The van der Waals surface area contributed by atoms with Crippen LogP contribution >= 0.6 is 11.3 Å². The molecule has 1 aliphatic heterocycles. The first-order chi connectivity index (χ1) is 12.2. The van der Waals surface area contributed by atoms with E-state index in [1.54, 1.807) is 19.1 Å². The Morgan fingerprint density at radius 1 is 1.42 bits per heavy atom. The quantitative estimate of drug-likeness (QED) is 0.837. The lowest BCUT2D eigenvalue weighted by atomic mass is 9.85. The van der Waals surface area contributed by atoms with E-state index in [1.807, 2.05) is 18.4 Å². The summed E-state index contributed by atoms with van der Waals surface area (Å²) in [6.45, 7) is 3.61. The number of hydrogen-bond donors (Lipinski definition) is 1. The summed E-state index contributed by atoms with van der Waals surface area (Å²) in [5.41, 5.74) is 6.72. The van der Waals surface area contributed by atoms with Gasteiger partial charge >= 0.3 is 0 Å². The van der Waals surface area contributed by atoms with E-state index in [0.29, 0.717) is 10.4 Å². The van der Waals surface area contributed by atoms with E-state index >= 15 is 0 Å². The molecule has 1 atom stereocenters. The van der Waals surface area contributed by atoms with Gasteiger partial charge in [-0.05, 0) is 48.6 Å². The Hall–Kier alpha value is -2.54. The highest BCUT2D eigenvalue weighted by Crippen LogP contribution is 2.35. The molecule has 2 N–H and O–H groups in total. The molecule has 0 bridgehead atoms. The standard InChI is InChI=1S/C19H20FN3O2S/c1-11-6-16(26-10-11)15(24)8-12-4-5-14(20)13(7-12)19(2)9-17(25)23(3)18(21)22-19/h4-7,10H,8-9H2,1-3H3,(H2,21,22). The van der Waals surface area contributed by atoms with Crippen LogP contribution in [0.25, 0.3) is 0 Å². The zero-order valence-electron chi connectivity index (χ0n) is 14.9. The van der Waals surface area contributed by atoms with Crippen LogP contribution < -0.4 is 5.73 Å². The van der Waals surface area contributed by atoms with Gasteiger partial charge in [0.25, 0.3) is 0 Å². The summed E-state index contributed by atoms with van der Waals surface area (Å²) in [4.78, 5) is 30.8. The lowest BCUT2D eigenvalue weighted by molar-refractivity contribution is -0.128. The molecule has 5 nitrogen and oxygen atoms in total. The molecular weight excluding hydrogens is 353 g/mol. The Morgan fingerprint density at radius 2 is 2.15 bits per heavy atom. The van der Waals surface area contributed by atoms with Gasteiger partial charge in [-0.2, -0.15) is 0 Å². The monoisotopic (exact) mass is 373 g/mol. The largest absolute Gasteiger partial charge is 0.369 e. The van der Waals surface area contributed by atoms with Crippen molar-refractivity contribution in [3.63, 3.8) is 0 Å². The summed E-state index contributed by atoms with van der Waals surface area (Å²) >= 11 is 1.40. The number of amides is 1. The fraction of sp³-hybridized carbons (Fsp3) is 0.316. The molecule has 26 heavy (non-hydrogen) atoms. The second-order valence-electron chi connectivity index (χ2n) is 6.78. The van der Waals surface area contributed by atoms with E-state index in [1.165, 1.54) is 29.4 Å². The zero-order valence-corrected chi connectivity index (χ0v) is 15.7. The molecule has 0 aliphatic carbocycles. The van der Waals surface area contributed by atoms with Crippen LogP contribution in [0.15, 0.2) is 34.6 Å². The second kappa shape index (κ2) is 6.64. The van der Waals surface area contributed by atoms with Crippen molar-refractivity contribution in [3.8, 4) is 0 Å². The van der Waals surface area contributed by atoms with Crippen molar-refractivity contribution in [1.82, 2.24) is 4.90 Å². The Kier molecular flexibility index (Phi) is 4.66. The van der Waals surface area contributed by atoms with E-state index in [2.05, 4.69) is 4.99 Å². The Bertz CT molecular complexity index is 921. The van der Waals surface area contributed by atoms with Gasteiger partial charge in [0.2, 0.25) is 5.91 Å². The van der Waals surface area contributed by atoms with Crippen molar-refractivity contribution in [3.05, 3.63) is 57.0 Å². The van der Waals surface area contributed by atoms with Crippen molar-refractivity contribution in [2.75, 3.05) is 7.05 Å². The Labute approximate surface area is 155 Å². The van der Waals surface area contributed by atoms with Crippen LogP contribution in [0.4, 0.5) is 4.39 Å². The molecule has 2 heterocycles. The maximum Gasteiger partial charge on any atom is 0.231 e. The van der Waals surface area contributed by atoms with Crippen LogP contribution in [0.2, 0.25) is 0 Å². The van der Waals surface area contributed by atoms with Gasteiger partial charge in [0.15, 0.2) is 11.7 Å². The van der Waals surface area contributed by atoms with Crippen LogP contribution in [0.1, 0.15) is 39.7 Å². The zero-order chi connectivity index (χ0) is 19.1. The SMILES string of the molecule is Cc1csc(C(=O)Cc2ccc(F)c(C3(C)CC(=O)N(C)C(N)=N3)c2)c1. The molecule has 0 saturated heterocycles. The third-order valence-corrected chi connectivity index (χ3v) is 5.64. The van der Waals surface area contributed by atoms with Gasteiger partial charge in [-0.3, -0.25) is 14.5 Å². The van der Waals surface area contributed by atoms with Gasteiger partial charge in [0, 0.05) is 19.0 Å². The van der Waals surface area contributed by atoms with Gasteiger partial charge in [-0.25, -0.2) is 9.38 Å². The summed E-state index contributed by atoms with van der Waals surface area (Å²) < 4.78 is 14.5. The molecule has 136 valence electrons. The Balaban J connectivity index is 1.93. The first kappa shape index (κ1) is 18.3. The number of ketones is 1. The third kappa shape index (κ3) is 3.39. The van der Waals surface area contributed by atoms with E-state index in [9.17, 15) is 14.0 Å².